The van der Waals surface area contributed by atoms with Gasteiger partial charge >= 0.3 is 18.5 Å². The van der Waals surface area contributed by atoms with Crippen molar-refractivity contribution in [3.63, 3.8) is 0 Å². The molecule has 1 N–H and O–H groups in total. The molecule has 1 atom stereocenters. The molecule has 3 rings (SSSR count). The van der Waals surface area contributed by atoms with Crippen molar-refractivity contribution >= 4 is 5.69 Å². The van der Waals surface area contributed by atoms with Crippen molar-refractivity contribution in [1.82, 2.24) is 0 Å². The normalized spacial score (nSPS) is 17.5. The Bertz CT molecular complexity index is 1170. The van der Waals surface area contributed by atoms with E-state index in [-0.39, 0.29) is 11.3 Å². The Morgan fingerprint density at radius 2 is 1.34 bits per heavy atom. The van der Waals surface area contributed by atoms with Crippen molar-refractivity contribution in [3.8, 4) is 6.07 Å². The van der Waals surface area contributed by atoms with Gasteiger partial charge in [0.25, 0.3) is 5.60 Å². The summed E-state index contributed by atoms with van der Waals surface area (Å²) in [4.78, 5) is 1.11. The number of nitriles is 1. The highest BCUT2D eigenvalue weighted by Gasteiger charge is 2.71. The molecule has 1 heterocycles. The lowest BCUT2D eigenvalue weighted by molar-refractivity contribution is -0.376. The first-order chi connectivity index (χ1) is 16.0. The van der Waals surface area contributed by atoms with Crippen LogP contribution in [0.5, 0.6) is 0 Å². The number of alkyl halides is 9. The van der Waals surface area contributed by atoms with Crippen molar-refractivity contribution in [2.24, 2.45) is 0 Å². The lowest BCUT2D eigenvalue weighted by atomic mass is 9.89. The van der Waals surface area contributed by atoms with E-state index in [2.05, 4.69) is 0 Å². The maximum Gasteiger partial charge on any atom is 0.430 e. The van der Waals surface area contributed by atoms with Gasteiger partial charge in [0.1, 0.15) is 0 Å². The molecular formula is C23H15F9N2O. The third-order valence-corrected chi connectivity index (χ3v) is 5.47. The van der Waals surface area contributed by atoms with Crippen molar-refractivity contribution < 1.29 is 44.6 Å². The van der Waals surface area contributed by atoms with Gasteiger partial charge in [-0.05, 0) is 30.7 Å². The van der Waals surface area contributed by atoms with Crippen molar-refractivity contribution in [2.75, 3.05) is 4.90 Å². The molecule has 1 unspecified atom stereocenters. The van der Waals surface area contributed by atoms with Gasteiger partial charge in [-0.3, -0.25) is 0 Å². The number of benzene rings is 2. The third-order valence-electron chi connectivity index (χ3n) is 5.47. The molecule has 0 bridgehead atoms. The van der Waals surface area contributed by atoms with E-state index in [9.17, 15) is 49.9 Å². The number of aryl methyl sites for hydroxylation is 1. The van der Waals surface area contributed by atoms with Gasteiger partial charge in [-0.1, -0.05) is 42.0 Å². The monoisotopic (exact) mass is 506 g/mol. The fraction of sp³-hybridized carbons (Fsp3) is 0.261. The zero-order valence-corrected chi connectivity index (χ0v) is 17.6. The van der Waals surface area contributed by atoms with Crippen LogP contribution in [0, 0.1) is 18.3 Å². The molecule has 0 saturated heterocycles. The summed E-state index contributed by atoms with van der Waals surface area (Å²) in [7, 11) is 0. The minimum absolute atomic E-state index is 0.115. The van der Waals surface area contributed by atoms with E-state index in [0.717, 1.165) is 28.8 Å². The largest absolute Gasteiger partial charge is 0.430 e. The van der Waals surface area contributed by atoms with Crippen LogP contribution in [0.1, 0.15) is 22.7 Å². The van der Waals surface area contributed by atoms with E-state index in [1.165, 1.54) is 18.2 Å². The number of anilines is 1. The van der Waals surface area contributed by atoms with Crippen LogP contribution >= 0.6 is 0 Å². The Labute approximate surface area is 193 Å². The van der Waals surface area contributed by atoms with Crippen LogP contribution in [-0.4, -0.2) is 23.6 Å². The summed E-state index contributed by atoms with van der Waals surface area (Å²) in [5, 5.41) is 19.1. The van der Waals surface area contributed by atoms with E-state index >= 15 is 0 Å². The molecule has 1 aliphatic rings. The van der Waals surface area contributed by atoms with E-state index < -0.39 is 46.9 Å². The molecule has 0 saturated carbocycles. The van der Waals surface area contributed by atoms with Crippen molar-refractivity contribution in [1.29, 1.82) is 5.26 Å². The van der Waals surface area contributed by atoms with Crippen molar-refractivity contribution in [3.05, 3.63) is 88.6 Å². The average molecular weight is 506 g/mol. The maximum atomic E-state index is 13.5. The minimum atomic E-state index is -6.10. The molecule has 2 aromatic carbocycles. The molecule has 12 heteroatoms. The molecule has 1 aliphatic heterocycles. The molecule has 0 spiro atoms. The predicted octanol–water partition coefficient (Wildman–Crippen LogP) is 6.76. The SMILES string of the molecule is Cc1ccc(C2C(C#N)=C(C(F)(F)F)C=CN2c2ccc(C(O)(C(F)(F)F)C(F)(F)F)cc2)cc1. The van der Waals surface area contributed by atoms with Gasteiger partial charge in [0.15, 0.2) is 0 Å². The second-order valence-corrected chi connectivity index (χ2v) is 7.73. The number of halogens is 9. The quantitative estimate of drug-likeness (QED) is 0.468. The molecule has 0 fully saturated rings. The van der Waals surface area contributed by atoms with Gasteiger partial charge in [0.2, 0.25) is 0 Å². The van der Waals surface area contributed by atoms with Crippen LogP contribution in [0.4, 0.5) is 45.2 Å². The average Bonchev–Trinajstić information content (AvgIpc) is 2.76. The lowest BCUT2D eigenvalue weighted by Crippen LogP contribution is -2.53. The zero-order valence-electron chi connectivity index (χ0n) is 17.6. The molecule has 3 nitrogen and oxygen atoms in total. The molecule has 0 aliphatic carbocycles. The molecule has 2 aromatic rings. The number of hydrogen-bond donors (Lipinski definition) is 1. The summed E-state index contributed by atoms with van der Waals surface area (Å²) in [5.74, 6) is 0. The Balaban J connectivity index is 2.15. The summed E-state index contributed by atoms with van der Waals surface area (Å²) in [6, 6.07) is 8.55. The van der Waals surface area contributed by atoms with E-state index in [1.807, 2.05) is 0 Å². The number of allylic oxidation sites excluding steroid dienone is 2. The molecule has 0 radical (unpaired) electrons. The van der Waals surface area contributed by atoms with Gasteiger partial charge in [-0.15, -0.1) is 0 Å². The smallest absolute Gasteiger partial charge is 0.369 e. The van der Waals surface area contributed by atoms with E-state index in [4.69, 9.17) is 0 Å². The highest BCUT2D eigenvalue weighted by molar-refractivity contribution is 5.62. The minimum Gasteiger partial charge on any atom is -0.369 e. The van der Waals surface area contributed by atoms with Crippen LogP contribution < -0.4 is 4.90 Å². The Kier molecular flexibility index (Phi) is 6.45. The topological polar surface area (TPSA) is 47.3 Å². The Morgan fingerprint density at radius 3 is 1.77 bits per heavy atom. The standard InChI is InChI=1S/C23H15F9N2O/c1-13-2-4-14(5-3-13)19-17(12-33)18(21(24,25)26)10-11-34(19)16-8-6-15(7-9-16)20(35,22(27,28)29)23(30,31)32/h2-11,19,35H,1H3. The van der Waals surface area contributed by atoms with Crippen LogP contribution in [0.3, 0.4) is 0 Å². The van der Waals surface area contributed by atoms with Crippen molar-refractivity contribution in [2.45, 2.75) is 37.1 Å². The fourth-order valence-electron chi connectivity index (χ4n) is 3.66. The first-order valence-corrected chi connectivity index (χ1v) is 9.73. The van der Waals surface area contributed by atoms with E-state index in [0.29, 0.717) is 18.2 Å². The number of hydrogen-bond acceptors (Lipinski definition) is 3. The number of nitrogens with zero attached hydrogens (tertiary/aromatic N) is 2. The number of rotatable bonds is 3. The summed E-state index contributed by atoms with van der Waals surface area (Å²) < 4.78 is 120. The summed E-state index contributed by atoms with van der Waals surface area (Å²) >= 11 is 0. The maximum absolute atomic E-state index is 13.5. The van der Waals surface area contributed by atoms with Gasteiger partial charge < -0.3 is 10.0 Å². The third kappa shape index (κ3) is 4.60. The van der Waals surface area contributed by atoms with Gasteiger partial charge in [-0.2, -0.15) is 44.8 Å². The first kappa shape index (κ1) is 26.2. The summed E-state index contributed by atoms with van der Waals surface area (Å²) in [5.41, 5.74) is -7.76. The summed E-state index contributed by atoms with van der Waals surface area (Å²) in [6.45, 7) is 1.71. The predicted molar refractivity (Wildman–Crippen MR) is 107 cm³/mol. The second-order valence-electron chi connectivity index (χ2n) is 7.73. The fourth-order valence-corrected chi connectivity index (χ4v) is 3.66. The molecule has 186 valence electrons. The molecule has 0 aromatic heterocycles. The Morgan fingerprint density at radius 1 is 0.829 bits per heavy atom. The molecule has 35 heavy (non-hydrogen) atoms. The van der Waals surface area contributed by atoms with Crippen LogP contribution in [-0.2, 0) is 5.60 Å². The summed E-state index contributed by atoms with van der Waals surface area (Å²) in [6.07, 6.45) is -15.6. The first-order valence-electron chi connectivity index (χ1n) is 9.73. The van der Waals surface area contributed by atoms with Crippen LogP contribution in [0.25, 0.3) is 0 Å². The van der Waals surface area contributed by atoms with E-state index in [1.54, 1.807) is 19.1 Å². The Hall–Kier alpha value is -3.46. The van der Waals surface area contributed by atoms with Gasteiger partial charge in [-0.25, -0.2) is 0 Å². The second kappa shape index (κ2) is 8.64. The lowest BCUT2D eigenvalue weighted by Gasteiger charge is -2.36. The highest BCUT2D eigenvalue weighted by Crippen LogP contribution is 2.50. The van der Waals surface area contributed by atoms with Gasteiger partial charge in [0, 0.05) is 17.5 Å². The highest BCUT2D eigenvalue weighted by atomic mass is 19.4. The van der Waals surface area contributed by atoms with Gasteiger partial charge in [0.05, 0.1) is 23.3 Å². The molecule has 0 amide bonds. The van der Waals surface area contributed by atoms with Crippen LogP contribution in [0.2, 0.25) is 0 Å². The zero-order chi connectivity index (χ0) is 26.4. The number of aliphatic hydroxyl groups is 1. The molecular weight excluding hydrogens is 491 g/mol. The van der Waals surface area contributed by atoms with Crippen LogP contribution in [0.15, 0.2) is 72.0 Å².